The Morgan fingerprint density at radius 3 is 2.33 bits per heavy atom. The third-order valence-corrected chi connectivity index (χ3v) is 6.84. The minimum Gasteiger partial charge on any atom is -0.463 e. The van der Waals surface area contributed by atoms with Gasteiger partial charge >= 0.3 is 6.18 Å². The van der Waals surface area contributed by atoms with Crippen molar-refractivity contribution in [2.75, 3.05) is 5.75 Å². The number of fused-ring (bicyclic) bond motifs is 1. The molecule has 0 amide bonds. The quantitative estimate of drug-likeness (QED) is 0.364. The summed E-state index contributed by atoms with van der Waals surface area (Å²) in [7, 11) is -3.88. The SMILES string of the molecule is CCS(=O)(=O)c1cc(-c2ccc(F)cc2)cnc1-c1coc2cc(C(F)(F)F)ccc2c1=O. The molecule has 2 aromatic heterocycles. The van der Waals surface area contributed by atoms with Gasteiger partial charge in [-0.1, -0.05) is 19.1 Å². The molecule has 0 aliphatic carbocycles. The van der Waals surface area contributed by atoms with Gasteiger partial charge in [0.25, 0.3) is 0 Å². The van der Waals surface area contributed by atoms with Crippen molar-refractivity contribution in [3.05, 3.63) is 82.6 Å². The van der Waals surface area contributed by atoms with Gasteiger partial charge in [-0.25, -0.2) is 12.8 Å². The van der Waals surface area contributed by atoms with Crippen LogP contribution in [0, 0.1) is 5.82 Å². The van der Waals surface area contributed by atoms with Crippen LogP contribution in [0.2, 0.25) is 0 Å². The summed E-state index contributed by atoms with van der Waals surface area (Å²) in [5.74, 6) is -0.755. The molecule has 10 heteroatoms. The van der Waals surface area contributed by atoms with Crippen LogP contribution in [0.5, 0.6) is 0 Å². The van der Waals surface area contributed by atoms with E-state index in [0.717, 1.165) is 18.4 Å². The van der Waals surface area contributed by atoms with Gasteiger partial charge in [-0.3, -0.25) is 9.78 Å². The number of nitrogens with zero attached hydrogens (tertiary/aromatic N) is 1. The van der Waals surface area contributed by atoms with Crippen LogP contribution in [-0.2, 0) is 16.0 Å². The van der Waals surface area contributed by atoms with Crippen molar-refractivity contribution >= 4 is 20.8 Å². The van der Waals surface area contributed by atoms with E-state index in [1.807, 2.05) is 0 Å². The molecule has 0 atom stereocenters. The third kappa shape index (κ3) is 4.25. The molecule has 2 heterocycles. The van der Waals surface area contributed by atoms with Crippen molar-refractivity contribution in [2.45, 2.75) is 18.0 Å². The number of aromatic nitrogens is 1. The van der Waals surface area contributed by atoms with E-state index in [-0.39, 0.29) is 32.9 Å². The summed E-state index contributed by atoms with van der Waals surface area (Å²) >= 11 is 0. The summed E-state index contributed by atoms with van der Waals surface area (Å²) < 4.78 is 83.0. The van der Waals surface area contributed by atoms with Gasteiger partial charge in [0.2, 0.25) is 5.43 Å². The first-order valence-electron chi connectivity index (χ1n) is 9.63. The van der Waals surface area contributed by atoms with Crippen molar-refractivity contribution < 1.29 is 30.4 Å². The Morgan fingerprint density at radius 1 is 1.00 bits per heavy atom. The van der Waals surface area contributed by atoms with E-state index in [4.69, 9.17) is 4.42 Å². The zero-order chi connectivity index (χ0) is 24.0. The highest BCUT2D eigenvalue weighted by atomic mass is 32.2. The molecule has 5 nitrogen and oxygen atoms in total. The Labute approximate surface area is 185 Å². The summed E-state index contributed by atoms with van der Waals surface area (Å²) in [6.07, 6.45) is -2.39. The van der Waals surface area contributed by atoms with E-state index in [2.05, 4.69) is 4.98 Å². The lowest BCUT2D eigenvalue weighted by Crippen LogP contribution is -2.12. The molecule has 0 fully saturated rings. The van der Waals surface area contributed by atoms with Crippen molar-refractivity contribution in [3.8, 4) is 22.4 Å². The minimum absolute atomic E-state index is 0.148. The molecule has 0 aliphatic heterocycles. The van der Waals surface area contributed by atoms with Gasteiger partial charge in [0.05, 0.1) is 32.9 Å². The topological polar surface area (TPSA) is 77.2 Å². The molecule has 0 bridgehead atoms. The number of pyridine rings is 1. The lowest BCUT2D eigenvalue weighted by atomic mass is 10.0. The second-order valence-corrected chi connectivity index (χ2v) is 9.41. The maximum absolute atomic E-state index is 13.3. The van der Waals surface area contributed by atoms with Crippen LogP contribution >= 0.6 is 0 Å². The Hall–Kier alpha value is -3.53. The molecule has 0 unspecified atom stereocenters. The summed E-state index contributed by atoms with van der Waals surface area (Å²) in [5.41, 5.74) is -1.50. The minimum atomic E-state index is -4.62. The number of halogens is 4. The molecule has 0 radical (unpaired) electrons. The van der Waals surface area contributed by atoms with Crippen molar-refractivity contribution in [2.24, 2.45) is 0 Å². The molecule has 170 valence electrons. The average Bonchev–Trinajstić information content (AvgIpc) is 2.79. The van der Waals surface area contributed by atoms with Crippen LogP contribution in [0.3, 0.4) is 0 Å². The molecule has 33 heavy (non-hydrogen) atoms. The van der Waals surface area contributed by atoms with E-state index >= 15 is 0 Å². The zero-order valence-electron chi connectivity index (χ0n) is 17.0. The van der Waals surface area contributed by atoms with Gasteiger partial charge < -0.3 is 4.42 Å². The van der Waals surface area contributed by atoms with E-state index in [1.165, 1.54) is 43.5 Å². The predicted molar refractivity (Wildman–Crippen MR) is 114 cm³/mol. The first-order chi connectivity index (χ1) is 15.5. The van der Waals surface area contributed by atoms with Gasteiger partial charge in [-0.05, 0) is 42.0 Å². The molecule has 4 aromatic rings. The predicted octanol–water partition coefficient (Wildman–Crippen LogP) is 5.47. The molecule has 0 saturated heterocycles. The highest BCUT2D eigenvalue weighted by Gasteiger charge is 2.31. The number of sulfone groups is 1. The highest BCUT2D eigenvalue weighted by molar-refractivity contribution is 7.91. The van der Waals surface area contributed by atoms with Crippen LogP contribution < -0.4 is 5.43 Å². The largest absolute Gasteiger partial charge is 0.463 e. The number of benzene rings is 2. The monoisotopic (exact) mass is 477 g/mol. The first-order valence-corrected chi connectivity index (χ1v) is 11.3. The molecule has 2 aromatic carbocycles. The van der Waals surface area contributed by atoms with Gasteiger partial charge in [0, 0.05) is 11.8 Å². The molecule has 0 aliphatic rings. The lowest BCUT2D eigenvalue weighted by Gasteiger charge is -2.12. The summed E-state index contributed by atoms with van der Waals surface area (Å²) in [6.45, 7) is 1.42. The number of alkyl halides is 3. The molecular formula is C23H15F4NO4S. The number of rotatable bonds is 4. The molecule has 0 N–H and O–H groups in total. The van der Waals surface area contributed by atoms with Crippen LogP contribution in [-0.4, -0.2) is 19.2 Å². The van der Waals surface area contributed by atoms with E-state index in [9.17, 15) is 30.8 Å². The van der Waals surface area contributed by atoms with Crippen molar-refractivity contribution in [1.29, 1.82) is 0 Å². The van der Waals surface area contributed by atoms with Gasteiger partial charge in [-0.15, -0.1) is 0 Å². The summed E-state index contributed by atoms with van der Waals surface area (Å²) in [4.78, 5) is 17.0. The second kappa shape index (κ2) is 8.11. The zero-order valence-corrected chi connectivity index (χ0v) is 17.8. The summed E-state index contributed by atoms with van der Waals surface area (Å²) in [6, 6.07) is 9.09. The van der Waals surface area contributed by atoms with Crippen LogP contribution in [0.1, 0.15) is 12.5 Å². The van der Waals surface area contributed by atoms with Crippen molar-refractivity contribution in [1.82, 2.24) is 4.98 Å². The Kier molecular flexibility index (Phi) is 5.57. The molecule has 0 saturated carbocycles. The first kappa shape index (κ1) is 22.7. The third-order valence-electron chi connectivity index (χ3n) is 5.10. The fourth-order valence-electron chi connectivity index (χ4n) is 3.31. The normalized spacial score (nSPS) is 12.3. The lowest BCUT2D eigenvalue weighted by molar-refractivity contribution is -0.137. The van der Waals surface area contributed by atoms with E-state index in [0.29, 0.717) is 17.2 Å². The van der Waals surface area contributed by atoms with E-state index in [1.54, 1.807) is 0 Å². The van der Waals surface area contributed by atoms with Crippen molar-refractivity contribution in [3.63, 3.8) is 0 Å². The van der Waals surface area contributed by atoms with Gasteiger partial charge in [-0.2, -0.15) is 13.2 Å². The molecule has 4 rings (SSSR count). The van der Waals surface area contributed by atoms with Gasteiger partial charge in [0.1, 0.15) is 17.7 Å². The maximum Gasteiger partial charge on any atom is 0.416 e. The second-order valence-electron chi connectivity index (χ2n) is 7.17. The van der Waals surface area contributed by atoms with Crippen LogP contribution in [0.15, 0.2) is 75.1 Å². The fourth-order valence-corrected chi connectivity index (χ4v) is 4.38. The Morgan fingerprint density at radius 2 is 1.70 bits per heavy atom. The summed E-state index contributed by atoms with van der Waals surface area (Å²) in [5, 5.41) is -0.148. The molecular weight excluding hydrogens is 462 g/mol. The van der Waals surface area contributed by atoms with Crippen LogP contribution in [0.4, 0.5) is 17.6 Å². The number of hydrogen-bond donors (Lipinski definition) is 0. The Bertz CT molecular complexity index is 1530. The highest BCUT2D eigenvalue weighted by Crippen LogP contribution is 2.33. The number of hydrogen-bond acceptors (Lipinski definition) is 5. The molecule has 0 spiro atoms. The standard InChI is InChI=1S/C23H15F4NO4S/c1-2-33(30,31)20-9-14(13-3-6-16(24)7-4-13)11-28-21(20)18-12-32-19-10-15(23(25,26)27)5-8-17(19)22(18)29/h3-12H,2H2,1H3. The average molecular weight is 477 g/mol. The van der Waals surface area contributed by atoms with Crippen LogP contribution in [0.25, 0.3) is 33.4 Å². The maximum atomic E-state index is 13.3. The fraction of sp³-hybridized carbons (Fsp3) is 0.130. The Balaban J connectivity index is 1.93. The smallest absolute Gasteiger partial charge is 0.416 e. The van der Waals surface area contributed by atoms with Gasteiger partial charge in [0.15, 0.2) is 9.84 Å². The van der Waals surface area contributed by atoms with E-state index < -0.39 is 32.8 Å².